The van der Waals surface area contributed by atoms with Gasteiger partial charge in [-0.05, 0) is 0 Å². The van der Waals surface area contributed by atoms with Gasteiger partial charge >= 0.3 is 120 Å². The van der Waals surface area contributed by atoms with Crippen molar-refractivity contribution in [2.75, 3.05) is 0 Å². The van der Waals surface area contributed by atoms with Gasteiger partial charge in [-0.2, -0.15) is 0 Å². The molecule has 0 aromatic heterocycles. The van der Waals surface area contributed by atoms with Gasteiger partial charge in [0.15, 0.2) is 0 Å². The fourth-order valence-electron chi connectivity index (χ4n) is 2.34. The molecule has 0 bridgehead atoms. The van der Waals surface area contributed by atoms with Crippen LogP contribution < -0.4 is 0 Å². The third-order valence-corrected chi connectivity index (χ3v) is 18.3. The third kappa shape index (κ3) is 5.38. The first kappa shape index (κ1) is 18.7. The van der Waals surface area contributed by atoms with E-state index in [1.807, 2.05) is 0 Å². The van der Waals surface area contributed by atoms with Gasteiger partial charge < -0.3 is 0 Å². The van der Waals surface area contributed by atoms with E-state index in [0.29, 0.717) is 3.93 Å². The van der Waals surface area contributed by atoms with Crippen molar-refractivity contribution in [2.45, 2.75) is 94.7 Å². The van der Waals surface area contributed by atoms with Crippen LogP contribution in [0.15, 0.2) is 0 Å². The van der Waals surface area contributed by atoms with Gasteiger partial charge in [-0.3, -0.25) is 0 Å². The molecule has 0 aromatic rings. The Hall–Kier alpha value is 0.719. The molecule has 0 heterocycles. The Labute approximate surface area is 120 Å². The SMILES string of the molecule is C[CH](C)[Sn]([O]C(C)(C)C)([O]C(C)(C)C)[C](C)(C)C. The summed E-state index contributed by atoms with van der Waals surface area (Å²) in [4.78, 5) is 0. The first-order valence-electron chi connectivity index (χ1n) is 7.01. The van der Waals surface area contributed by atoms with Crippen molar-refractivity contribution in [2.24, 2.45) is 0 Å². The van der Waals surface area contributed by atoms with Crippen LogP contribution in [0, 0.1) is 0 Å². The predicted molar refractivity (Wildman–Crippen MR) is 82.2 cm³/mol. The number of hydrogen-bond acceptors (Lipinski definition) is 2. The molecule has 0 spiro atoms. The maximum atomic E-state index is 6.62. The van der Waals surface area contributed by atoms with Gasteiger partial charge in [0.25, 0.3) is 0 Å². The normalized spacial score (nSPS) is 15.3. The van der Waals surface area contributed by atoms with E-state index in [0.717, 1.165) is 0 Å². The average Bonchev–Trinajstić information content (AvgIpc) is 1.93. The van der Waals surface area contributed by atoms with Crippen LogP contribution in [-0.4, -0.2) is 30.4 Å². The summed E-state index contributed by atoms with van der Waals surface area (Å²) in [6.07, 6.45) is 0. The summed E-state index contributed by atoms with van der Waals surface area (Å²) in [5.41, 5.74) is -0.280. The monoisotopic (exact) mass is 366 g/mol. The summed E-state index contributed by atoms with van der Waals surface area (Å²) in [6, 6.07) is 0. The predicted octanol–water partition coefficient (Wildman–Crippen LogP) is 5.27. The Kier molecular flexibility index (Phi) is 5.83. The van der Waals surface area contributed by atoms with Gasteiger partial charge in [0.2, 0.25) is 0 Å². The molecular weight excluding hydrogens is 331 g/mol. The van der Waals surface area contributed by atoms with Gasteiger partial charge in [-0.25, -0.2) is 0 Å². The van der Waals surface area contributed by atoms with Crippen molar-refractivity contribution in [3.8, 4) is 0 Å². The second-order valence-corrected chi connectivity index (χ2v) is 21.1. The van der Waals surface area contributed by atoms with Gasteiger partial charge in [-0.1, -0.05) is 0 Å². The van der Waals surface area contributed by atoms with Gasteiger partial charge in [-0.15, -0.1) is 0 Å². The van der Waals surface area contributed by atoms with E-state index in [2.05, 4.69) is 76.2 Å². The fraction of sp³-hybridized carbons (Fsp3) is 1.00. The molecule has 0 aliphatic carbocycles. The summed E-state index contributed by atoms with van der Waals surface area (Å²) in [5, 5.41) is 0. The van der Waals surface area contributed by atoms with E-state index >= 15 is 0 Å². The standard InChI is InChI=1S/2C4H9O.C4H9.C3H7.Sn/c2*1-4(2,3)5;1-4(2)3;1-3-2;/h2*1-3H3;1-3H3;3H,1-2H3;/q2*-1;;;+2. The summed E-state index contributed by atoms with van der Waals surface area (Å²) in [6.45, 7) is 24.2. The minimum atomic E-state index is -3.24. The molecule has 18 heavy (non-hydrogen) atoms. The molecule has 0 rings (SSSR count). The van der Waals surface area contributed by atoms with E-state index < -0.39 is 19.2 Å². The topological polar surface area (TPSA) is 18.5 Å². The van der Waals surface area contributed by atoms with E-state index in [9.17, 15) is 0 Å². The van der Waals surface area contributed by atoms with Crippen LogP contribution in [0.25, 0.3) is 0 Å². The zero-order chi connectivity index (χ0) is 15.0. The van der Waals surface area contributed by atoms with Gasteiger partial charge in [0.05, 0.1) is 0 Å². The molecule has 110 valence electrons. The molecule has 2 nitrogen and oxygen atoms in total. The Balaban J connectivity index is 5.61. The minimum absolute atomic E-state index is 0.114. The summed E-state index contributed by atoms with van der Waals surface area (Å²) in [7, 11) is 0. The summed E-state index contributed by atoms with van der Waals surface area (Å²) >= 11 is -3.24. The van der Waals surface area contributed by atoms with Crippen molar-refractivity contribution in [1.29, 1.82) is 0 Å². The number of hydrogen-bond donors (Lipinski definition) is 0. The fourth-order valence-corrected chi connectivity index (χ4v) is 15.7. The van der Waals surface area contributed by atoms with E-state index in [4.69, 9.17) is 6.15 Å². The molecule has 0 aromatic carbocycles. The molecule has 0 N–H and O–H groups in total. The molecule has 3 heteroatoms. The molecule has 0 radical (unpaired) electrons. The molecular formula is C15H34O2Sn. The summed E-state index contributed by atoms with van der Waals surface area (Å²) < 4.78 is 13.8. The zero-order valence-electron chi connectivity index (χ0n) is 14.4. The first-order chi connectivity index (χ1) is 7.61. The molecule has 0 aliphatic rings. The van der Waals surface area contributed by atoms with Crippen LogP contribution in [0.5, 0.6) is 0 Å². The van der Waals surface area contributed by atoms with Crippen molar-refractivity contribution < 1.29 is 6.15 Å². The third-order valence-electron chi connectivity index (χ3n) is 2.72. The summed E-state index contributed by atoms with van der Waals surface area (Å²) in [5.74, 6) is 0. The van der Waals surface area contributed by atoms with Crippen LogP contribution in [0.1, 0.15) is 76.2 Å². The van der Waals surface area contributed by atoms with E-state index in [1.54, 1.807) is 0 Å². The molecule has 0 fully saturated rings. The quantitative estimate of drug-likeness (QED) is 0.635. The van der Waals surface area contributed by atoms with Crippen LogP contribution in [-0.2, 0) is 6.15 Å². The second-order valence-electron chi connectivity index (χ2n) is 8.50. The first-order valence-corrected chi connectivity index (χ1v) is 12.4. The van der Waals surface area contributed by atoms with Crippen molar-refractivity contribution in [3.63, 3.8) is 0 Å². The second kappa shape index (κ2) is 5.61. The van der Waals surface area contributed by atoms with Crippen LogP contribution in [0.2, 0.25) is 7.36 Å². The van der Waals surface area contributed by atoms with Crippen molar-refractivity contribution in [1.82, 2.24) is 0 Å². The Morgan fingerprint density at radius 1 is 0.667 bits per heavy atom. The van der Waals surface area contributed by atoms with Gasteiger partial charge in [0, 0.05) is 0 Å². The number of rotatable bonds is 3. The molecule has 0 unspecified atom stereocenters. The van der Waals surface area contributed by atoms with Crippen LogP contribution in [0.4, 0.5) is 0 Å². The molecule has 0 amide bonds. The van der Waals surface area contributed by atoms with Crippen LogP contribution >= 0.6 is 0 Å². The van der Waals surface area contributed by atoms with Gasteiger partial charge in [0.1, 0.15) is 0 Å². The Morgan fingerprint density at radius 2 is 0.944 bits per heavy atom. The molecule has 0 aliphatic heterocycles. The molecule has 0 atom stereocenters. The zero-order valence-corrected chi connectivity index (χ0v) is 17.2. The van der Waals surface area contributed by atoms with E-state index in [1.165, 1.54) is 0 Å². The average molecular weight is 365 g/mol. The van der Waals surface area contributed by atoms with Crippen molar-refractivity contribution in [3.05, 3.63) is 0 Å². The maximum absolute atomic E-state index is 6.62. The Bertz CT molecular complexity index is 248. The molecule has 0 saturated carbocycles. The van der Waals surface area contributed by atoms with Crippen molar-refractivity contribution >= 4 is 19.2 Å². The van der Waals surface area contributed by atoms with Crippen LogP contribution in [0.3, 0.4) is 0 Å². The Morgan fingerprint density at radius 3 is 1.06 bits per heavy atom. The van der Waals surface area contributed by atoms with E-state index in [-0.39, 0.29) is 14.6 Å². The molecule has 0 saturated heterocycles.